The van der Waals surface area contributed by atoms with Crippen molar-refractivity contribution >= 4 is 17.9 Å². The SMILES string of the molecule is CC(=O)NC1CCN(C(=O)NC(C(=O)O)C(C)O)CC1. The average Bonchev–Trinajstić information content (AvgIpc) is 2.35. The Labute approximate surface area is 117 Å². The first-order valence-electron chi connectivity index (χ1n) is 6.54. The fourth-order valence-corrected chi connectivity index (χ4v) is 2.13. The molecular weight excluding hydrogens is 266 g/mol. The molecule has 0 saturated carbocycles. The van der Waals surface area contributed by atoms with Crippen LogP contribution in [0.3, 0.4) is 0 Å². The number of piperidine rings is 1. The molecule has 114 valence electrons. The highest BCUT2D eigenvalue weighted by molar-refractivity contribution is 5.83. The smallest absolute Gasteiger partial charge is 0.328 e. The first-order chi connectivity index (χ1) is 9.31. The molecule has 0 spiro atoms. The van der Waals surface area contributed by atoms with Gasteiger partial charge < -0.3 is 25.7 Å². The maximum atomic E-state index is 11.9. The summed E-state index contributed by atoms with van der Waals surface area (Å²) in [7, 11) is 0. The minimum absolute atomic E-state index is 0.0450. The number of aliphatic hydroxyl groups excluding tert-OH is 1. The van der Waals surface area contributed by atoms with Crippen LogP contribution in [0.5, 0.6) is 0 Å². The summed E-state index contributed by atoms with van der Waals surface area (Å²) in [5, 5.41) is 23.3. The molecule has 8 nitrogen and oxygen atoms in total. The van der Waals surface area contributed by atoms with Crippen LogP contribution >= 0.6 is 0 Å². The molecule has 0 aromatic rings. The number of hydrogen-bond acceptors (Lipinski definition) is 4. The Morgan fingerprint density at radius 3 is 2.20 bits per heavy atom. The molecule has 0 aromatic heterocycles. The second-order valence-electron chi connectivity index (χ2n) is 4.97. The summed E-state index contributed by atoms with van der Waals surface area (Å²) in [6, 6.07) is -1.79. The molecule has 4 N–H and O–H groups in total. The highest BCUT2D eigenvalue weighted by atomic mass is 16.4. The molecule has 20 heavy (non-hydrogen) atoms. The van der Waals surface area contributed by atoms with E-state index in [1.807, 2.05) is 0 Å². The van der Waals surface area contributed by atoms with Crippen LogP contribution in [0.2, 0.25) is 0 Å². The summed E-state index contributed by atoms with van der Waals surface area (Å²) in [5.74, 6) is -1.38. The first-order valence-corrected chi connectivity index (χ1v) is 6.54. The maximum Gasteiger partial charge on any atom is 0.328 e. The van der Waals surface area contributed by atoms with E-state index in [0.717, 1.165) is 0 Å². The van der Waals surface area contributed by atoms with Gasteiger partial charge in [0, 0.05) is 26.1 Å². The molecule has 0 aromatic carbocycles. The molecule has 1 fully saturated rings. The number of aliphatic hydroxyl groups is 1. The zero-order valence-corrected chi connectivity index (χ0v) is 11.6. The molecule has 1 aliphatic rings. The van der Waals surface area contributed by atoms with E-state index in [0.29, 0.717) is 25.9 Å². The van der Waals surface area contributed by atoms with E-state index in [9.17, 15) is 19.5 Å². The molecule has 0 radical (unpaired) electrons. The third-order valence-electron chi connectivity index (χ3n) is 3.22. The van der Waals surface area contributed by atoms with E-state index >= 15 is 0 Å². The number of carbonyl (C=O) groups excluding carboxylic acids is 2. The second-order valence-corrected chi connectivity index (χ2v) is 4.97. The number of carboxylic acids is 1. The van der Waals surface area contributed by atoms with Crippen LogP contribution in [0, 0.1) is 0 Å². The predicted octanol–water partition coefficient (Wildman–Crippen LogP) is -0.869. The molecule has 0 aliphatic carbocycles. The Balaban J connectivity index is 2.46. The third kappa shape index (κ3) is 4.69. The van der Waals surface area contributed by atoms with Crippen molar-refractivity contribution in [2.75, 3.05) is 13.1 Å². The van der Waals surface area contributed by atoms with Gasteiger partial charge >= 0.3 is 12.0 Å². The minimum Gasteiger partial charge on any atom is -0.480 e. The number of amides is 3. The number of hydrogen-bond donors (Lipinski definition) is 4. The molecule has 2 atom stereocenters. The summed E-state index contributed by atoms with van der Waals surface area (Å²) in [6.45, 7) is 3.62. The van der Waals surface area contributed by atoms with Crippen LogP contribution in [0.25, 0.3) is 0 Å². The number of nitrogens with one attached hydrogen (secondary N) is 2. The van der Waals surface area contributed by atoms with Crippen molar-refractivity contribution in [3.8, 4) is 0 Å². The zero-order valence-electron chi connectivity index (χ0n) is 11.6. The summed E-state index contributed by atoms with van der Waals surface area (Å²) in [5.41, 5.74) is 0. The number of likely N-dealkylation sites (tertiary alicyclic amines) is 1. The standard InChI is InChI=1S/C12H21N3O5/c1-7(16)10(11(18)19)14-12(20)15-5-3-9(4-6-15)13-8(2)17/h7,9-10,16H,3-6H2,1-2H3,(H,13,17)(H,14,20)(H,18,19). The van der Waals surface area contributed by atoms with Gasteiger partial charge in [0.1, 0.15) is 0 Å². The van der Waals surface area contributed by atoms with Gasteiger partial charge in [0.2, 0.25) is 5.91 Å². The summed E-state index contributed by atoms with van der Waals surface area (Å²) in [6.07, 6.45) is 0.0760. The van der Waals surface area contributed by atoms with Gasteiger partial charge in [0.25, 0.3) is 0 Å². The lowest BCUT2D eigenvalue weighted by Crippen LogP contribution is -2.55. The van der Waals surface area contributed by atoms with E-state index in [1.165, 1.54) is 18.7 Å². The van der Waals surface area contributed by atoms with Gasteiger partial charge in [-0.25, -0.2) is 9.59 Å². The summed E-state index contributed by atoms with van der Waals surface area (Å²) < 4.78 is 0. The monoisotopic (exact) mass is 287 g/mol. The maximum absolute atomic E-state index is 11.9. The van der Waals surface area contributed by atoms with Gasteiger partial charge in [0.15, 0.2) is 6.04 Å². The van der Waals surface area contributed by atoms with Crippen molar-refractivity contribution in [3.63, 3.8) is 0 Å². The van der Waals surface area contributed by atoms with Gasteiger partial charge in [-0.05, 0) is 19.8 Å². The van der Waals surface area contributed by atoms with Crippen molar-refractivity contribution in [1.29, 1.82) is 0 Å². The fourth-order valence-electron chi connectivity index (χ4n) is 2.13. The summed E-state index contributed by atoms with van der Waals surface area (Å²) >= 11 is 0. The number of carbonyl (C=O) groups is 3. The van der Waals surface area contributed by atoms with E-state index < -0.39 is 24.1 Å². The topological polar surface area (TPSA) is 119 Å². The molecule has 1 aliphatic heterocycles. The van der Waals surface area contributed by atoms with Crippen LogP contribution in [0.4, 0.5) is 4.79 Å². The lowest BCUT2D eigenvalue weighted by molar-refractivity contribution is -0.141. The highest BCUT2D eigenvalue weighted by Gasteiger charge is 2.29. The molecule has 8 heteroatoms. The van der Waals surface area contributed by atoms with E-state index in [-0.39, 0.29) is 11.9 Å². The van der Waals surface area contributed by atoms with Crippen LogP contribution in [0.15, 0.2) is 0 Å². The predicted molar refractivity (Wildman–Crippen MR) is 70.0 cm³/mol. The lowest BCUT2D eigenvalue weighted by atomic mass is 10.1. The first kappa shape index (κ1) is 16.2. The quantitative estimate of drug-likeness (QED) is 0.536. The lowest BCUT2D eigenvalue weighted by Gasteiger charge is -2.33. The van der Waals surface area contributed by atoms with Gasteiger partial charge in [-0.3, -0.25) is 4.79 Å². The normalized spacial score (nSPS) is 19.1. The van der Waals surface area contributed by atoms with Crippen molar-refractivity contribution < 1.29 is 24.6 Å². The van der Waals surface area contributed by atoms with Gasteiger partial charge in [-0.2, -0.15) is 0 Å². The van der Waals surface area contributed by atoms with Crippen LogP contribution in [0.1, 0.15) is 26.7 Å². The summed E-state index contributed by atoms with van der Waals surface area (Å²) in [4.78, 5) is 35.2. The van der Waals surface area contributed by atoms with Gasteiger partial charge in [0.05, 0.1) is 6.10 Å². The minimum atomic E-state index is -1.32. The van der Waals surface area contributed by atoms with Gasteiger partial charge in [-0.15, -0.1) is 0 Å². The molecule has 1 heterocycles. The van der Waals surface area contributed by atoms with Crippen molar-refractivity contribution in [2.45, 2.75) is 44.9 Å². The second kappa shape index (κ2) is 7.09. The van der Waals surface area contributed by atoms with Crippen molar-refractivity contribution in [2.24, 2.45) is 0 Å². The number of urea groups is 1. The van der Waals surface area contributed by atoms with E-state index in [2.05, 4.69) is 10.6 Å². The molecule has 2 unspecified atom stereocenters. The number of carboxylic acid groups (broad SMARTS) is 1. The van der Waals surface area contributed by atoms with Crippen LogP contribution in [-0.2, 0) is 9.59 Å². The molecule has 1 saturated heterocycles. The molecule has 1 rings (SSSR count). The molecule has 3 amide bonds. The van der Waals surface area contributed by atoms with Crippen molar-refractivity contribution in [3.05, 3.63) is 0 Å². The Hall–Kier alpha value is -1.83. The third-order valence-corrected chi connectivity index (χ3v) is 3.22. The molecular formula is C12H21N3O5. The van der Waals surface area contributed by atoms with Crippen LogP contribution in [-0.4, -0.2) is 64.3 Å². The largest absolute Gasteiger partial charge is 0.480 e. The number of rotatable bonds is 4. The van der Waals surface area contributed by atoms with Crippen molar-refractivity contribution in [1.82, 2.24) is 15.5 Å². The van der Waals surface area contributed by atoms with Gasteiger partial charge in [-0.1, -0.05) is 0 Å². The Morgan fingerprint density at radius 2 is 1.80 bits per heavy atom. The Kier molecular flexibility index (Phi) is 5.75. The number of nitrogens with zero attached hydrogens (tertiary/aromatic N) is 1. The Morgan fingerprint density at radius 1 is 1.25 bits per heavy atom. The van der Waals surface area contributed by atoms with Crippen LogP contribution < -0.4 is 10.6 Å². The molecule has 0 bridgehead atoms. The Bertz CT molecular complexity index is 377. The fraction of sp³-hybridized carbons (Fsp3) is 0.750. The van der Waals surface area contributed by atoms with E-state index in [1.54, 1.807) is 0 Å². The highest BCUT2D eigenvalue weighted by Crippen LogP contribution is 2.10. The van der Waals surface area contributed by atoms with E-state index in [4.69, 9.17) is 5.11 Å². The average molecular weight is 287 g/mol. The zero-order chi connectivity index (χ0) is 15.3. The number of aliphatic carboxylic acids is 1.